The predicted molar refractivity (Wildman–Crippen MR) is 77.7 cm³/mol. The van der Waals surface area contributed by atoms with Gasteiger partial charge < -0.3 is 5.32 Å². The molecule has 2 heteroatoms. The molecule has 0 bridgehead atoms. The van der Waals surface area contributed by atoms with E-state index in [1.165, 1.54) is 16.3 Å². The Kier molecular flexibility index (Phi) is 4.32. The lowest BCUT2D eigenvalue weighted by atomic mass is 9.96. The minimum absolute atomic E-state index is 0.559. The number of benzene rings is 1. The summed E-state index contributed by atoms with van der Waals surface area (Å²) >= 11 is 0. The molecule has 1 atom stereocenters. The second-order valence-electron chi connectivity index (χ2n) is 5.39. The van der Waals surface area contributed by atoms with Crippen LogP contribution < -0.4 is 5.32 Å². The Bertz CT molecular complexity index is 500. The molecule has 0 aliphatic heterocycles. The largest absolute Gasteiger partial charge is 0.314 e. The first-order valence-electron chi connectivity index (χ1n) is 6.72. The van der Waals surface area contributed by atoms with Crippen molar-refractivity contribution < 1.29 is 0 Å². The number of hydrogen-bond donors (Lipinski definition) is 1. The summed E-state index contributed by atoms with van der Waals surface area (Å²) in [4.78, 5) is 4.18. The van der Waals surface area contributed by atoms with Gasteiger partial charge in [0.05, 0.1) is 0 Å². The molecule has 2 rings (SSSR count). The van der Waals surface area contributed by atoms with E-state index in [9.17, 15) is 0 Å². The molecule has 0 saturated carbocycles. The van der Waals surface area contributed by atoms with Crippen molar-refractivity contribution in [2.75, 3.05) is 6.54 Å². The van der Waals surface area contributed by atoms with Crippen LogP contribution >= 0.6 is 0 Å². The summed E-state index contributed by atoms with van der Waals surface area (Å²) < 4.78 is 0. The molecular formula is C16H22N2. The fourth-order valence-corrected chi connectivity index (χ4v) is 2.25. The lowest BCUT2D eigenvalue weighted by molar-refractivity contribution is 0.477. The first-order valence-corrected chi connectivity index (χ1v) is 6.72. The Morgan fingerprint density at radius 2 is 2.00 bits per heavy atom. The van der Waals surface area contributed by atoms with Crippen molar-refractivity contribution in [2.45, 2.75) is 33.2 Å². The summed E-state index contributed by atoms with van der Waals surface area (Å²) in [5.41, 5.74) is 1.42. The lowest BCUT2D eigenvalue weighted by Crippen LogP contribution is -2.28. The van der Waals surface area contributed by atoms with Crippen LogP contribution in [-0.2, 0) is 6.42 Å². The van der Waals surface area contributed by atoms with E-state index < -0.39 is 0 Å². The predicted octanol–water partition coefficient (Wildman–Crippen LogP) is 3.41. The number of aromatic nitrogens is 1. The summed E-state index contributed by atoms with van der Waals surface area (Å²) in [7, 11) is 0. The Balaban J connectivity index is 2.11. The average Bonchev–Trinajstić information content (AvgIpc) is 2.37. The molecule has 0 radical (unpaired) electrons. The summed E-state index contributed by atoms with van der Waals surface area (Å²) in [5.74, 6) is 0.645. The van der Waals surface area contributed by atoms with Crippen molar-refractivity contribution >= 4 is 10.8 Å². The standard InChI is InChI=1S/C16H22N2/c1-12(2)18-10-13(3)9-14-5-4-6-15-11-17-8-7-16(14)15/h4-8,11-13,18H,9-10H2,1-3H3. The highest BCUT2D eigenvalue weighted by Crippen LogP contribution is 2.20. The molecule has 1 N–H and O–H groups in total. The maximum absolute atomic E-state index is 4.18. The third-order valence-corrected chi connectivity index (χ3v) is 3.21. The molecule has 1 heterocycles. The maximum atomic E-state index is 4.18. The second kappa shape index (κ2) is 5.96. The van der Waals surface area contributed by atoms with E-state index >= 15 is 0 Å². The number of pyridine rings is 1. The molecular weight excluding hydrogens is 220 g/mol. The van der Waals surface area contributed by atoms with Crippen molar-refractivity contribution in [1.29, 1.82) is 0 Å². The molecule has 2 aromatic rings. The molecule has 18 heavy (non-hydrogen) atoms. The van der Waals surface area contributed by atoms with Gasteiger partial charge in [0.2, 0.25) is 0 Å². The highest BCUT2D eigenvalue weighted by atomic mass is 14.9. The fourth-order valence-electron chi connectivity index (χ4n) is 2.25. The van der Waals surface area contributed by atoms with Crippen LogP contribution in [0.3, 0.4) is 0 Å². The van der Waals surface area contributed by atoms with E-state index in [2.05, 4.69) is 55.3 Å². The van der Waals surface area contributed by atoms with Crippen LogP contribution in [0.1, 0.15) is 26.3 Å². The van der Waals surface area contributed by atoms with E-state index in [0.717, 1.165) is 13.0 Å². The Morgan fingerprint density at radius 3 is 2.78 bits per heavy atom. The number of nitrogens with zero attached hydrogens (tertiary/aromatic N) is 1. The van der Waals surface area contributed by atoms with Gasteiger partial charge in [-0.3, -0.25) is 4.98 Å². The van der Waals surface area contributed by atoms with Gasteiger partial charge in [-0.15, -0.1) is 0 Å². The molecule has 2 nitrogen and oxygen atoms in total. The topological polar surface area (TPSA) is 24.9 Å². The number of fused-ring (bicyclic) bond motifs is 1. The Labute approximate surface area is 109 Å². The van der Waals surface area contributed by atoms with Crippen molar-refractivity contribution in [3.05, 3.63) is 42.2 Å². The molecule has 1 aromatic carbocycles. The fraction of sp³-hybridized carbons (Fsp3) is 0.438. The molecule has 0 amide bonds. The van der Waals surface area contributed by atoms with Gasteiger partial charge in [-0.1, -0.05) is 39.0 Å². The number of nitrogens with one attached hydrogen (secondary N) is 1. The Hall–Kier alpha value is -1.41. The van der Waals surface area contributed by atoms with Crippen LogP contribution in [0.15, 0.2) is 36.7 Å². The summed E-state index contributed by atoms with van der Waals surface area (Å²) in [6, 6.07) is 9.16. The summed E-state index contributed by atoms with van der Waals surface area (Å²) in [6.07, 6.45) is 4.93. The maximum Gasteiger partial charge on any atom is 0.0346 e. The van der Waals surface area contributed by atoms with E-state index in [-0.39, 0.29) is 0 Å². The van der Waals surface area contributed by atoms with Gasteiger partial charge in [-0.05, 0) is 35.9 Å². The van der Waals surface area contributed by atoms with Crippen LogP contribution in [-0.4, -0.2) is 17.6 Å². The first kappa shape index (κ1) is 13.0. The third-order valence-electron chi connectivity index (χ3n) is 3.21. The van der Waals surface area contributed by atoms with E-state index in [1.807, 2.05) is 12.4 Å². The minimum atomic E-state index is 0.559. The molecule has 1 aromatic heterocycles. The summed E-state index contributed by atoms with van der Waals surface area (Å²) in [6.45, 7) is 7.75. The SMILES string of the molecule is CC(CNC(C)C)Cc1cccc2cnccc12. The number of hydrogen-bond acceptors (Lipinski definition) is 2. The van der Waals surface area contributed by atoms with Gasteiger partial charge in [-0.25, -0.2) is 0 Å². The van der Waals surface area contributed by atoms with Crippen molar-refractivity contribution in [1.82, 2.24) is 10.3 Å². The zero-order valence-electron chi connectivity index (χ0n) is 11.5. The van der Waals surface area contributed by atoms with Gasteiger partial charge >= 0.3 is 0 Å². The van der Waals surface area contributed by atoms with Gasteiger partial charge in [-0.2, -0.15) is 0 Å². The monoisotopic (exact) mass is 242 g/mol. The first-order chi connectivity index (χ1) is 8.66. The van der Waals surface area contributed by atoms with Crippen molar-refractivity contribution in [2.24, 2.45) is 5.92 Å². The van der Waals surface area contributed by atoms with Crippen LogP contribution in [0.4, 0.5) is 0 Å². The van der Waals surface area contributed by atoms with Gasteiger partial charge in [0.25, 0.3) is 0 Å². The molecule has 1 unspecified atom stereocenters. The van der Waals surface area contributed by atoms with Crippen LogP contribution in [0.5, 0.6) is 0 Å². The van der Waals surface area contributed by atoms with Crippen molar-refractivity contribution in [3.63, 3.8) is 0 Å². The van der Waals surface area contributed by atoms with Crippen LogP contribution in [0.25, 0.3) is 10.8 Å². The quantitative estimate of drug-likeness (QED) is 0.869. The molecule has 0 fully saturated rings. The summed E-state index contributed by atoms with van der Waals surface area (Å²) in [5, 5.41) is 6.07. The molecule has 96 valence electrons. The van der Waals surface area contributed by atoms with Crippen LogP contribution in [0, 0.1) is 5.92 Å². The smallest absolute Gasteiger partial charge is 0.0346 e. The van der Waals surface area contributed by atoms with Crippen LogP contribution in [0.2, 0.25) is 0 Å². The molecule has 0 saturated heterocycles. The molecule has 0 spiro atoms. The van der Waals surface area contributed by atoms with Gasteiger partial charge in [0.15, 0.2) is 0 Å². The third kappa shape index (κ3) is 3.30. The average molecular weight is 242 g/mol. The second-order valence-corrected chi connectivity index (χ2v) is 5.39. The zero-order valence-corrected chi connectivity index (χ0v) is 11.5. The Morgan fingerprint density at radius 1 is 1.17 bits per heavy atom. The van der Waals surface area contributed by atoms with E-state index in [4.69, 9.17) is 0 Å². The molecule has 0 aliphatic rings. The highest BCUT2D eigenvalue weighted by molar-refractivity contribution is 5.84. The number of rotatable bonds is 5. The van der Waals surface area contributed by atoms with E-state index in [0.29, 0.717) is 12.0 Å². The zero-order chi connectivity index (χ0) is 13.0. The van der Waals surface area contributed by atoms with Gasteiger partial charge in [0.1, 0.15) is 0 Å². The lowest BCUT2D eigenvalue weighted by Gasteiger charge is -2.16. The molecule has 0 aliphatic carbocycles. The highest BCUT2D eigenvalue weighted by Gasteiger charge is 2.07. The van der Waals surface area contributed by atoms with Gasteiger partial charge in [0, 0.05) is 23.8 Å². The van der Waals surface area contributed by atoms with Crippen molar-refractivity contribution in [3.8, 4) is 0 Å². The minimum Gasteiger partial charge on any atom is -0.314 e. The van der Waals surface area contributed by atoms with E-state index in [1.54, 1.807) is 0 Å². The normalized spacial score (nSPS) is 13.1.